The summed E-state index contributed by atoms with van der Waals surface area (Å²) in [5.74, 6) is 0.861. The normalized spacial score (nSPS) is 16.6. The number of ether oxygens (including phenoxy) is 1. The fourth-order valence-electron chi connectivity index (χ4n) is 2.25. The van der Waals surface area contributed by atoms with Gasteiger partial charge in [-0.15, -0.1) is 0 Å². The van der Waals surface area contributed by atoms with Crippen LogP contribution in [-0.2, 0) is 0 Å². The van der Waals surface area contributed by atoms with Gasteiger partial charge in [-0.2, -0.15) is 0 Å². The highest BCUT2D eigenvalue weighted by Gasteiger charge is 2.26. The van der Waals surface area contributed by atoms with Gasteiger partial charge in [-0.1, -0.05) is 19.1 Å². The van der Waals surface area contributed by atoms with Crippen LogP contribution in [-0.4, -0.2) is 49.1 Å². The van der Waals surface area contributed by atoms with E-state index in [0.29, 0.717) is 6.54 Å². The van der Waals surface area contributed by atoms with E-state index in [1.54, 1.807) is 9.80 Å². The van der Waals surface area contributed by atoms with E-state index < -0.39 is 0 Å². The lowest BCUT2D eigenvalue weighted by molar-refractivity contribution is 0.196. The van der Waals surface area contributed by atoms with E-state index in [-0.39, 0.29) is 12.1 Å². The summed E-state index contributed by atoms with van der Waals surface area (Å²) < 4.78 is 5.54. The molecule has 2 N–H and O–H groups in total. The summed E-state index contributed by atoms with van der Waals surface area (Å²) in [6.07, 6.45) is 0.992. The van der Waals surface area contributed by atoms with E-state index in [0.717, 1.165) is 37.4 Å². The summed E-state index contributed by atoms with van der Waals surface area (Å²) in [6.45, 7) is 4.88. The van der Waals surface area contributed by atoms with Crippen LogP contribution in [0.5, 0.6) is 5.75 Å². The molecular formula is C15H23N3O2. The van der Waals surface area contributed by atoms with Crippen molar-refractivity contribution in [1.82, 2.24) is 9.80 Å². The van der Waals surface area contributed by atoms with Crippen LogP contribution < -0.4 is 10.5 Å². The van der Waals surface area contributed by atoms with Crippen molar-refractivity contribution in [3.8, 4) is 5.75 Å². The summed E-state index contributed by atoms with van der Waals surface area (Å²) in [4.78, 5) is 15.3. The van der Waals surface area contributed by atoms with Crippen molar-refractivity contribution >= 4 is 6.03 Å². The average molecular weight is 277 g/mol. The molecule has 0 aromatic heterocycles. The fourth-order valence-corrected chi connectivity index (χ4v) is 2.25. The zero-order chi connectivity index (χ0) is 14.5. The third-order valence-electron chi connectivity index (χ3n) is 3.50. The molecular weight excluding hydrogens is 254 g/mol. The number of rotatable bonds is 6. The number of urea groups is 1. The SMILES string of the molecule is CCCOc1ccc(C(N)CN2CCN(C)C2=O)cc1. The molecule has 1 aromatic rings. The monoisotopic (exact) mass is 277 g/mol. The summed E-state index contributed by atoms with van der Waals surface area (Å²) in [5.41, 5.74) is 7.20. The van der Waals surface area contributed by atoms with Crippen LogP contribution in [0.2, 0.25) is 0 Å². The standard InChI is InChI=1S/C15H23N3O2/c1-3-10-20-13-6-4-12(5-7-13)14(16)11-18-9-8-17(2)15(18)19/h4-7,14H,3,8-11,16H2,1-2H3. The predicted molar refractivity (Wildman–Crippen MR) is 78.8 cm³/mol. The van der Waals surface area contributed by atoms with Crippen LogP contribution in [0.3, 0.4) is 0 Å². The van der Waals surface area contributed by atoms with Crippen molar-refractivity contribution in [2.24, 2.45) is 5.73 Å². The molecule has 1 aliphatic rings. The van der Waals surface area contributed by atoms with Gasteiger partial charge >= 0.3 is 6.03 Å². The van der Waals surface area contributed by atoms with E-state index >= 15 is 0 Å². The van der Waals surface area contributed by atoms with Gasteiger partial charge in [0.1, 0.15) is 5.75 Å². The maximum absolute atomic E-state index is 11.8. The van der Waals surface area contributed by atoms with Gasteiger partial charge in [0.05, 0.1) is 6.61 Å². The van der Waals surface area contributed by atoms with E-state index in [1.807, 2.05) is 31.3 Å². The molecule has 2 amide bonds. The lowest BCUT2D eigenvalue weighted by Crippen LogP contribution is -2.35. The first kappa shape index (κ1) is 14.7. The molecule has 0 bridgehead atoms. The number of likely N-dealkylation sites (N-methyl/N-ethyl adjacent to an activating group) is 1. The average Bonchev–Trinajstić information content (AvgIpc) is 2.77. The molecule has 1 fully saturated rings. The molecule has 1 atom stereocenters. The van der Waals surface area contributed by atoms with Crippen molar-refractivity contribution in [2.45, 2.75) is 19.4 Å². The first-order valence-electron chi connectivity index (χ1n) is 7.10. The van der Waals surface area contributed by atoms with E-state index in [2.05, 4.69) is 6.92 Å². The number of amides is 2. The Bertz CT molecular complexity index is 447. The number of hydrogen-bond donors (Lipinski definition) is 1. The third kappa shape index (κ3) is 3.42. The second-order valence-electron chi connectivity index (χ2n) is 5.17. The zero-order valence-corrected chi connectivity index (χ0v) is 12.2. The van der Waals surface area contributed by atoms with E-state index in [9.17, 15) is 4.79 Å². The first-order valence-corrected chi connectivity index (χ1v) is 7.10. The van der Waals surface area contributed by atoms with E-state index in [1.165, 1.54) is 0 Å². The molecule has 20 heavy (non-hydrogen) atoms. The minimum absolute atomic E-state index is 0.0587. The minimum Gasteiger partial charge on any atom is -0.494 e. The molecule has 0 aliphatic carbocycles. The number of nitrogens with two attached hydrogens (primary N) is 1. The van der Waals surface area contributed by atoms with Crippen LogP contribution in [0.1, 0.15) is 24.9 Å². The minimum atomic E-state index is -0.161. The van der Waals surface area contributed by atoms with Gasteiger partial charge in [-0.25, -0.2) is 4.79 Å². The summed E-state index contributed by atoms with van der Waals surface area (Å²) in [7, 11) is 1.81. The largest absolute Gasteiger partial charge is 0.494 e. The molecule has 5 nitrogen and oxygen atoms in total. The Balaban J connectivity index is 1.92. The Morgan fingerprint density at radius 1 is 1.30 bits per heavy atom. The molecule has 110 valence electrons. The molecule has 0 saturated carbocycles. The molecule has 1 aromatic carbocycles. The van der Waals surface area contributed by atoms with Crippen LogP contribution >= 0.6 is 0 Å². The third-order valence-corrected chi connectivity index (χ3v) is 3.50. The second-order valence-corrected chi connectivity index (χ2v) is 5.17. The Labute approximate surface area is 120 Å². The van der Waals surface area contributed by atoms with E-state index in [4.69, 9.17) is 10.5 Å². The summed E-state index contributed by atoms with van der Waals surface area (Å²) in [5, 5.41) is 0. The van der Waals surface area contributed by atoms with Gasteiger partial charge < -0.3 is 20.3 Å². The highest BCUT2D eigenvalue weighted by molar-refractivity contribution is 5.76. The molecule has 1 aliphatic heterocycles. The molecule has 0 spiro atoms. The summed E-state index contributed by atoms with van der Waals surface area (Å²) in [6, 6.07) is 7.71. The molecule has 0 radical (unpaired) electrons. The number of benzene rings is 1. The van der Waals surface area contributed by atoms with Crippen LogP contribution in [0.25, 0.3) is 0 Å². The topological polar surface area (TPSA) is 58.8 Å². The fraction of sp³-hybridized carbons (Fsp3) is 0.533. The predicted octanol–water partition coefficient (Wildman–Crippen LogP) is 1.84. The smallest absolute Gasteiger partial charge is 0.319 e. The van der Waals surface area contributed by atoms with Crippen LogP contribution in [0.15, 0.2) is 24.3 Å². The molecule has 5 heteroatoms. The van der Waals surface area contributed by atoms with Crippen molar-refractivity contribution in [3.05, 3.63) is 29.8 Å². The highest BCUT2D eigenvalue weighted by Crippen LogP contribution is 2.19. The quantitative estimate of drug-likeness (QED) is 0.863. The van der Waals surface area contributed by atoms with Crippen molar-refractivity contribution < 1.29 is 9.53 Å². The van der Waals surface area contributed by atoms with Crippen molar-refractivity contribution in [1.29, 1.82) is 0 Å². The Morgan fingerprint density at radius 2 is 2.00 bits per heavy atom. The lowest BCUT2D eigenvalue weighted by atomic mass is 10.1. The molecule has 1 unspecified atom stereocenters. The maximum Gasteiger partial charge on any atom is 0.319 e. The van der Waals surface area contributed by atoms with Crippen molar-refractivity contribution in [3.63, 3.8) is 0 Å². The van der Waals surface area contributed by atoms with Crippen LogP contribution in [0, 0.1) is 0 Å². The van der Waals surface area contributed by atoms with Gasteiger partial charge in [0.2, 0.25) is 0 Å². The Hall–Kier alpha value is -1.75. The molecule has 2 rings (SSSR count). The number of hydrogen-bond acceptors (Lipinski definition) is 3. The second kappa shape index (κ2) is 6.61. The Morgan fingerprint density at radius 3 is 2.55 bits per heavy atom. The first-order chi connectivity index (χ1) is 9.61. The molecule has 1 heterocycles. The highest BCUT2D eigenvalue weighted by atomic mass is 16.5. The summed E-state index contributed by atoms with van der Waals surface area (Å²) >= 11 is 0. The van der Waals surface area contributed by atoms with Gasteiger partial charge in [-0.3, -0.25) is 0 Å². The Kier molecular flexibility index (Phi) is 4.84. The van der Waals surface area contributed by atoms with Crippen molar-refractivity contribution in [2.75, 3.05) is 33.3 Å². The van der Waals surface area contributed by atoms with Gasteiger partial charge in [0, 0.05) is 32.7 Å². The van der Waals surface area contributed by atoms with Gasteiger partial charge in [-0.05, 0) is 24.1 Å². The molecule has 1 saturated heterocycles. The number of carbonyl (C=O) groups is 1. The maximum atomic E-state index is 11.8. The lowest BCUT2D eigenvalue weighted by Gasteiger charge is -2.21. The van der Waals surface area contributed by atoms with Gasteiger partial charge in [0.15, 0.2) is 0 Å². The van der Waals surface area contributed by atoms with Gasteiger partial charge in [0.25, 0.3) is 0 Å². The zero-order valence-electron chi connectivity index (χ0n) is 12.2. The number of nitrogens with zero attached hydrogens (tertiary/aromatic N) is 2. The van der Waals surface area contributed by atoms with Crippen LogP contribution in [0.4, 0.5) is 4.79 Å². The number of carbonyl (C=O) groups excluding carboxylic acids is 1.